The normalized spacial score (nSPS) is 13.3. The Balaban J connectivity index is 2.69. The first-order valence-corrected chi connectivity index (χ1v) is 4.96. The summed E-state index contributed by atoms with van der Waals surface area (Å²) in [6.45, 7) is 2.50. The van der Waals surface area contributed by atoms with Gasteiger partial charge in [-0.1, -0.05) is 13.0 Å². The second-order valence-corrected chi connectivity index (χ2v) is 3.77. The maximum Gasteiger partial charge on any atom is 0.151 e. The third kappa shape index (κ3) is 1.51. The molecule has 1 aromatic heterocycles. The van der Waals surface area contributed by atoms with E-state index in [4.69, 9.17) is 5.73 Å². The number of benzene rings is 1. The van der Waals surface area contributed by atoms with Gasteiger partial charge in [0.25, 0.3) is 0 Å². The first-order chi connectivity index (χ1) is 7.15. The molecular weight excluding hydrogens is 193 g/mol. The first-order valence-electron chi connectivity index (χ1n) is 4.96. The zero-order valence-electron chi connectivity index (χ0n) is 8.87. The number of hydrogen-bond acceptors (Lipinski definition) is 2. The van der Waals surface area contributed by atoms with Gasteiger partial charge in [0.1, 0.15) is 11.3 Å². The van der Waals surface area contributed by atoms with Crippen LogP contribution in [0.3, 0.4) is 0 Å². The molecule has 0 fully saturated rings. The van der Waals surface area contributed by atoms with Crippen LogP contribution in [0.2, 0.25) is 0 Å². The fraction of sp³-hybridized carbons (Fsp3) is 0.364. The van der Waals surface area contributed by atoms with Gasteiger partial charge in [0, 0.05) is 19.5 Å². The van der Waals surface area contributed by atoms with Gasteiger partial charge >= 0.3 is 0 Å². The molecule has 0 spiro atoms. The Hall–Kier alpha value is -1.42. The number of rotatable bonds is 2. The maximum atomic E-state index is 13.4. The molecular formula is C11H14FN3. The quantitative estimate of drug-likeness (QED) is 0.815. The fourth-order valence-corrected chi connectivity index (χ4v) is 1.74. The Kier molecular flexibility index (Phi) is 2.44. The molecule has 2 rings (SSSR count). The zero-order valence-corrected chi connectivity index (χ0v) is 8.87. The summed E-state index contributed by atoms with van der Waals surface area (Å²) in [5, 5.41) is 0. The average Bonchev–Trinajstić information content (AvgIpc) is 2.57. The summed E-state index contributed by atoms with van der Waals surface area (Å²) in [6.07, 6.45) is 0. The molecule has 4 heteroatoms. The molecule has 0 aliphatic carbocycles. The second-order valence-electron chi connectivity index (χ2n) is 3.77. The van der Waals surface area contributed by atoms with Crippen molar-refractivity contribution in [2.24, 2.45) is 12.8 Å². The number of fused-ring (bicyclic) bond motifs is 1. The topological polar surface area (TPSA) is 43.8 Å². The predicted molar refractivity (Wildman–Crippen MR) is 58.1 cm³/mol. The lowest BCUT2D eigenvalue weighted by Crippen LogP contribution is -2.13. The molecule has 15 heavy (non-hydrogen) atoms. The molecule has 1 heterocycles. The minimum atomic E-state index is -0.279. The Bertz CT molecular complexity index is 490. The van der Waals surface area contributed by atoms with Gasteiger partial charge in [-0.3, -0.25) is 0 Å². The Morgan fingerprint density at radius 1 is 1.53 bits per heavy atom. The summed E-state index contributed by atoms with van der Waals surface area (Å²) in [7, 11) is 1.89. The van der Waals surface area contributed by atoms with Gasteiger partial charge in [0.05, 0.1) is 5.52 Å². The van der Waals surface area contributed by atoms with Crippen molar-refractivity contribution in [3.05, 3.63) is 29.8 Å². The number of aryl methyl sites for hydroxylation is 1. The highest BCUT2D eigenvalue weighted by molar-refractivity contribution is 5.76. The van der Waals surface area contributed by atoms with Crippen LogP contribution in [-0.2, 0) is 7.05 Å². The lowest BCUT2D eigenvalue weighted by atomic mass is 10.2. The molecule has 2 aromatic rings. The highest BCUT2D eigenvalue weighted by Gasteiger charge is 2.14. The largest absolute Gasteiger partial charge is 0.331 e. The van der Waals surface area contributed by atoms with Crippen LogP contribution in [-0.4, -0.2) is 16.1 Å². The number of aromatic nitrogens is 2. The number of halogens is 1. The van der Waals surface area contributed by atoms with Crippen LogP contribution < -0.4 is 5.73 Å². The van der Waals surface area contributed by atoms with E-state index >= 15 is 0 Å². The first kappa shape index (κ1) is 10.1. The van der Waals surface area contributed by atoms with Crippen LogP contribution in [0.5, 0.6) is 0 Å². The summed E-state index contributed by atoms with van der Waals surface area (Å²) in [6, 6.07) is 4.97. The molecule has 0 aliphatic heterocycles. The van der Waals surface area contributed by atoms with Crippen molar-refractivity contribution in [2.75, 3.05) is 6.54 Å². The van der Waals surface area contributed by atoms with E-state index in [0.29, 0.717) is 12.1 Å². The molecule has 0 radical (unpaired) electrons. The molecule has 1 aromatic carbocycles. The van der Waals surface area contributed by atoms with Crippen molar-refractivity contribution in [1.29, 1.82) is 0 Å². The van der Waals surface area contributed by atoms with Gasteiger partial charge in [-0.05, 0) is 12.1 Å². The SMILES string of the molecule is CC(CN)c1nc2c(F)cccc2n1C. The van der Waals surface area contributed by atoms with E-state index in [-0.39, 0.29) is 11.7 Å². The van der Waals surface area contributed by atoms with Crippen molar-refractivity contribution >= 4 is 11.0 Å². The smallest absolute Gasteiger partial charge is 0.151 e. The van der Waals surface area contributed by atoms with E-state index in [2.05, 4.69) is 4.98 Å². The average molecular weight is 207 g/mol. The Morgan fingerprint density at radius 3 is 2.87 bits per heavy atom. The van der Waals surface area contributed by atoms with E-state index in [0.717, 1.165) is 11.3 Å². The summed E-state index contributed by atoms with van der Waals surface area (Å²) >= 11 is 0. The minimum Gasteiger partial charge on any atom is -0.331 e. The van der Waals surface area contributed by atoms with Crippen LogP contribution in [0, 0.1) is 5.82 Å². The molecule has 2 N–H and O–H groups in total. The molecule has 3 nitrogen and oxygen atoms in total. The number of hydrogen-bond donors (Lipinski definition) is 1. The Morgan fingerprint density at radius 2 is 2.27 bits per heavy atom. The van der Waals surface area contributed by atoms with Gasteiger partial charge in [-0.25, -0.2) is 9.37 Å². The molecule has 80 valence electrons. The van der Waals surface area contributed by atoms with Gasteiger partial charge in [-0.2, -0.15) is 0 Å². The number of nitrogens with zero attached hydrogens (tertiary/aromatic N) is 2. The maximum absolute atomic E-state index is 13.4. The third-order valence-corrected chi connectivity index (χ3v) is 2.69. The summed E-state index contributed by atoms with van der Waals surface area (Å²) in [5.41, 5.74) is 6.82. The lowest BCUT2D eigenvalue weighted by molar-refractivity contribution is 0.635. The molecule has 0 saturated heterocycles. The summed E-state index contributed by atoms with van der Waals surface area (Å²) < 4.78 is 15.3. The standard InChI is InChI=1S/C11H14FN3/c1-7(6-13)11-14-10-8(12)4-3-5-9(10)15(11)2/h3-5,7H,6,13H2,1-2H3. The van der Waals surface area contributed by atoms with Crippen molar-refractivity contribution in [3.8, 4) is 0 Å². The molecule has 0 bridgehead atoms. The van der Waals surface area contributed by atoms with E-state index in [9.17, 15) is 4.39 Å². The van der Waals surface area contributed by atoms with Crippen molar-refractivity contribution in [1.82, 2.24) is 9.55 Å². The second kappa shape index (κ2) is 3.62. The van der Waals surface area contributed by atoms with Crippen LogP contribution in [0.15, 0.2) is 18.2 Å². The fourth-order valence-electron chi connectivity index (χ4n) is 1.74. The molecule has 1 unspecified atom stereocenters. The minimum absolute atomic E-state index is 0.141. The number of nitrogens with two attached hydrogens (primary N) is 1. The number of imidazole rings is 1. The third-order valence-electron chi connectivity index (χ3n) is 2.69. The van der Waals surface area contributed by atoms with Gasteiger partial charge < -0.3 is 10.3 Å². The highest BCUT2D eigenvalue weighted by Crippen LogP contribution is 2.21. The van der Waals surface area contributed by atoms with E-state index in [1.54, 1.807) is 6.07 Å². The molecule has 1 atom stereocenters. The van der Waals surface area contributed by atoms with E-state index in [1.807, 2.05) is 24.6 Å². The molecule has 0 aliphatic rings. The van der Waals surface area contributed by atoms with Crippen molar-refractivity contribution in [2.45, 2.75) is 12.8 Å². The highest BCUT2D eigenvalue weighted by atomic mass is 19.1. The molecule has 0 amide bonds. The predicted octanol–water partition coefficient (Wildman–Crippen LogP) is 1.77. The van der Waals surface area contributed by atoms with Crippen LogP contribution in [0.4, 0.5) is 4.39 Å². The monoisotopic (exact) mass is 207 g/mol. The van der Waals surface area contributed by atoms with Crippen molar-refractivity contribution < 1.29 is 4.39 Å². The zero-order chi connectivity index (χ0) is 11.0. The molecule has 0 saturated carbocycles. The van der Waals surface area contributed by atoms with E-state index < -0.39 is 0 Å². The van der Waals surface area contributed by atoms with Crippen molar-refractivity contribution in [3.63, 3.8) is 0 Å². The summed E-state index contributed by atoms with van der Waals surface area (Å²) in [4.78, 5) is 4.29. The Labute approximate surface area is 87.7 Å². The van der Waals surface area contributed by atoms with Gasteiger partial charge in [0.15, 0.2) is 5.82 Å². The lowest BCUT2D eigenvalue weighted by Gasteiger charge is -2.07. The number of para-hydroxylation sites is 1. The van der Waals surface area contributed by atoms with Crippen LogP contribution in [0.1, 0.15) is 18.7 Å². The summed E-state index contributed by atoms with van der Waals surface area (Å²) in [5.74, 6) is 0.693. The van der Waals surface area contributed by atoms with Gasteiger partial charge in [0.2, 0.25) is 0 Å². The van der Waals surface area contributed by atoms with Gasteiger partial charge in [-0.15, -0.1) is 0 Å². The van der Waals surface area contributed by atoms with E-state index in [1.165, 1.54) is 6.07 Å². The van der Waals surface area contributed by atoms with Crippen LogP contribution in [0.25, 0.3) is 11.0 Å². The van der Waals surface area contributed by atoms with Crippen LogP contribution >= 0.6 is 0 Å².